The van der Waals surface area contributed by atoms with Crippen LogP contribution in [-0.2, 0) is 13.0 Å². The van der Waals surface area contributed by atoms with Crippen LogP contribution in [0.2, 0.25) is 0 Å². The molecule has 0 spiro atoms. The molecule has 0 amide bonds. The first-order valence-corrected chi connectivity index (χ1v) is 6.03. The third kappa shape index (κ3) is 1.70. The van der Waals surface area contributed by atoms with Crippen molar-refractivity contribution in [3.63, 3.8) is 0 Å². The molecule has 0 aromatic heterocycles. The number of likely N-dealkylation sites (N-methyl/N-ethyl adjacent to an activating group) is 1. The molecule has 1 aromatic carbocycles. The van der Waals surface area contributed by atoms with Crippen LogP contribution in [0, 0.1) is 0 Å². The molecule has 3 nitrogen and oxygen atoms in total. The second-order valence-corrected chi connectivity index (χ2v) is 5.09. The smallest absolute Gasteiger partial charge is 0.0397 e. The van der Waals surface area contributed by atoms with Gasteiger partial charge in [-0.25, -0.2) is 0 Å². The third-order valence-electron chi connectivity index (χ3n) is 3.66. The molecule has 2 aliphatic heterocycles. The van der Waals surface area contributed by atoms with Gasteiger partial charge in [0.2, 0.25) is 0 Å². The summed E-state index contributed by atoms with van der Waals surface area (Å²) in [7, 11) is 2.17. The summed E-state index contributed by atoms with van der Waals surface area (Å²) in [6.07, 6.45) is 1.19. The standard InChI is InChI=1S/C13H19N3/c1-15-5-4-11-6-10(2-3-13(11)15)7-16-8-12(14)9-16/h2-3,6,12H,4-5,7-9,14H2,1H3. The Labute approximate surface area is 96.8 Å². The molecule has 0 unspecified atom stereocenters. The van der Waals surface area contributed by atoms with E-state index in [0.717, 1.165) is 26.2 Å². The number of nitrogens with zero attached hydrogens (tertiary/aromatic N) is 2. The lowest BCUT2D eigenvalue weighted by Gasteiger charge is -2.36. The van der Waals surface area contributed by atoms with Crippen molar-refractivity contribution in [3.8, 4) is 0 Å². The van der Waals surface area contributed by atoms with E-state index in [0.29, 0.717) is 6.04 Å². The van der Waals surface area contributed by atoms with Gasteiger partial charge in [0.1, 0.15) is 0 Å². The summed E-state index contributed by atoms with van der Waals surface area (Å²) < 4.78 is 0. The Balaban J connectivity index is 1.72. The maximum absolute atomic E-state index is 5.78. The second kappa shape index (κ2) is 3.75. The van der Waals surface area contributed by atoms with E-state index in [1.165, 1.54) is 23.2 Å². The van der Waals surface area contributed by atoms with E-state index < -0.39 is 0 Å². The lowest BCUT2D eigenvalue weighted by Crippen LogP contribution is -2.54. The summed E-state index contributed by atoms with van der Waals surface area (Å²) in [5, 5.41) is 0. The normalized spacial score (nSPS) is 21.0. The van der Waals surface area contributed by atoms with E-state index in [9.17, 15) is 0 Å². The van der Waals surface area contributed by atoms with Gasteiger partial charge < -0.3 is 10.6 Å². The molecule has 2 N–H and O–H groups in total. The van der Waals surface area contributed by atoms with Crippen molar-refractivity contribution in [3.05, 3.63) is 29.3 Å². The highest BCUT2D eigenvalue weighted by Gasteiger charge is 2.23. The third-order valence-corrected chi connectivity index (χ3v) is 3.66. The van der Waals surface area contributed by atoms with Crippen LogP contribution in [-0.4, -0.2) is 37.6 Å². The maximum Gasteiger partial charge on any atom is 0.0397 e. The van der Waals surface area contributed by atoms with Gasteiger partial charge in [-0.05, 0) is 23.6 Å². The number of rotatable bonds is 2. The highest BCUT2D eigenvalue weighted by molar-refractivity contribution is 5.58. The van der Waals surface area contributed by atoms with Crippen molar-refractivity contribution in [2.24, 2.45) is 5.73 Å². The van der Waals surface area contributed by atoms with Gasteiger partial charge in [0.05, 0.1) is 0 Å². The first-order chi connectivity index (χ1) is 7.72. The predicted octanol–water partition coefficient (Wildman–Crippen LogP) is 0.822. The minimum Gasteiger partial charge on any atom is -0.374 e. The zero-order chi connectivity index (χ0) is 11.1. The second-order valence-electron chi connectivity index (χ2n) is 5.09. The topological polar surface area (TPSA) is 32.5 Å². The zero-order valence-corrected chi connectivity index (χ0v) is 9.82. The predicted molar refractivity (Wildman–Crippen MR) is 66.7 cm³/mol. The fourth-order valence-corrected chi connectivity index (χ4v) is 2.72. The lowest BCUT2D eigenvalue weighted by atomic mass is 10.1. The number of nitrogens with two attached hydrogens (primary N) is 1. The first-order valence-electron chi connectivity index (χ1n) is 6.03. The van der Waals surface area contributed by atoms with Crippen LogP contribution in [0.5, 0.6) is 0 Å². The lowest BCUT2D eigenvalue weighted by molar-refractivity contribution is 0.142. The van der Waals surface area contributed by atoms with Crippen molar-refractivity contribution in [2.45, 2.75) is 19.0 Å². The fraction of sp³-hybridized carbons (Fsp3) is 0.538. The van der Waals surface area contributed by atoms with Gasteiger partial charge in [-0.2, -0.15) is 0 Å². The van der Waals surface area contributed by atoms with E-state index in [1.807, 2.05) is 0 Å². The molecule has 0 radical (unpaired) electrons. The Morgan fingerprint density at radius 2 is 2.19 bits per heavy atom. The number of hydrogen-bond donors (Lipinski definition) is 1. The Bertz CT molecular complexity index is 396. The Morgan fingerprint density at radius 3 is 2.94 bits per heavy atom. The summed E-state index contributed by atoms with van der Waals surface area (Å²) in [6.45, 7) is 4.33. The van der Waals surface area contributed by atoms with Gasteiger partial charge in [0, 0.05) is 45.0 Å². The summed E-state index contributed by atoms with van der Waals surface area (Å²) in [6, 6.07) is 7.28. The number of likely N-dealkylation sites (tertiary alicyclic amines) is 1. The van der Waals surface area contributed by atoms with Crippen LogP contribution in [0.25, 0.3) is 0 Å². The molecule has 2 aliphatic rings. The molecule has 0 atom stereocenters. The zero-order valence-electron chi connectivity index (χ0n) is 9.82. The molecule has 3 rings (SSSR count). The number of anilines is 1. The van der Waals surface area contributed by atoms with Gasteiger partial charge in [-0.3, -0.25) is 4.90 Å². The van der Waals surface area contributed by atoms with Crippen LogP contribution in [0.3, 0.4) is 0 Å². The van der Waals surface area contributed by atoms with Crippen LogP contribution < -0.4 is 10.6 Å². The minimum atomic E-state index is 0.403. The average Bonchev–Trinajstić information content (AvgIpc) is 2.58. The SMILES string of the molecule is CN1CCc2cc(CN3CC(N)C3)ccc21. The molecule has 1 saturated heterocycles. The highest BCUT2D eigenvalue weighted by Crippen LogP contribution is 2.28. The molecule has 0 bridgehead atoms. The number of benzene rings is 1. The number of hydrogen-bond acceptors (Lipinski definition) is 3. The highest BCUT2D eigenvalue weighted by atomic mass is 15.2. The molecular formula is C13H19N3. The van der Waals surface area contributed by atoms with E-state index in [2.05, 4.69) is 35.0 Å². The summed E-state index contributed by atoms with van der Waals surface area (Å²) >= 11 is 0. The van der Waals surface area contributed by atoms with Crippen molar-refractivity contribution < 1.29 is 0 Å². The van der Waals surface area contributed by atoms with Gasteiger partial charge >= 0.3 is 0 Å². The average molecular weight is 217 g/mol. The van der Waals surface area contributed by atoms with Gasteiger partial charge in [0.15, 0.2) is 0 Å². The largest absolute Gasteiger partial charge is 0.374 e. The monoisotopic (exact) mass is 217 g/mol. The van der Waals surface area contributed by atoms with Crippen molar-refractivity contribution >= 4 is 5.69 Å². The van der Waals surface area contributed by atoms with Crippen molar-refractivity contribution in [1.82, 2.24) is 4.90 Å². The molecular weight excluding hydrogens is 198 g/mol. The Hall–Kier alpha value is -1.06. The van der Waals surface area contributed by atoms with Gasteiger partial charge in [0.25, 0.3) is 0 Å². The van der Waals surface area contributed by atoms with Gasteiger partial charge in [-0.15, -0.1) is 0 Å². The van der Waals surface area contributed by atoms with Crippen LogP contribution in [0.4, 0.5) is 5.69 Å². The fourth-order valence-electron chi connectivity index (χ4n) is 2.72. The Kier molecular flexibility index (Phi) is 2.37. The van der Waals surface area contributed by atoms with Crippen LogP contribution >= 0.6 is 0 Å². The Morgan fingerprint density at radius 1 is 1.38 bits per heavy atom. The van der Waals surface area contributed by atoms with Crippen molar-refractivity contribution in [1.29, 1.82) is 0 Å². The molecule has 0 aliphatic carbocycles. The summed E-state index contributed by atoms with van der Waals surface area (Å²) in [5.74, 6) is 0. The van der Waals surface area contributed by atoms with Crippen molar-refractivity contribution in [2.75, 3.05) is 31.6 Å². The molecule has 1 fully saturated rings. The van der Waals surface area contributed by atoms with E-state index in [4.69, 9.17) is 5.73 Å². The van der Waals surface area contributed by atoms with Gasteiger partial charge in [-0.1, -0.05) is 12.1 Å². The quantitative estimate of drug-likeness (QED) is 0.796. The summed E-state index contributed by atoms with van der Waals surface area (Å²) in [5.41, 5.74) is 10.1. The van der Waals surface area contributed by atoms with E-state index in [-0.39, 0.29) is 0 Å². The molecule has 1 aromatic rings. The molecule has 2 heterocycles. The van der Waals surface area contributed by atoms with Crippen LogP contribution in [0.15, 0.2) is 18.2 Å². The molecule has 0 saturated carbocycles. The van der Waals surface area contributed by atoms with Crippen LogP contribution in [0.1, 0.15) is 11.1 Å². The molecule has 16 heavy (non-hydrogen) atoms. The molecule has 3 heteroatoms. The molecule has 86 valence electrons. The van der Waals surface area contributed by atoms with E-state index in [1.54, 1.807) is 0 Å². The minimum absolute atomic E-state index is 0.403. The number of fused-ring (bicyclic) bond motifs is 1. The maximum atomic E-state index is 5.78. The van der Waals surface area contributed by atoms with E-state index >= 15 is 0 Å². The first kappa shape index (κ1) is 10.1. The summed E-state index contributed by atoms with van der Waals surface area (Å²) in [4.78, 5) is 4.74.